The minimum atomic E-state index is -0.659. The summed E-state index contributed by atoms with van der Waals surface area (Å²) >= 11 is 1.23. The Balaban J connectivity index is 0. The molecule has 0 radical (unpaired) electrons. The number of hydrogen-bond donors (Lipinski definition) is 1. The van der Waals surface area contributed by atoms with Gasteiger partial charge in [-0.15, -0.1) is 0 Å². The molecule has 0 aromatic rings. The summed E-state index contributed by atoms with van der Waals surface area (Å²) in [6.07, 6.45) is 17.1. The van der Waals surface area contributed by atoms with Crippen LogP contribution >= 0.6 is 0 Å². The van der Waals surface area contributed by atoms with Gasteiger partial charge >= 0.3 is 74.5 Å². The van der Waals surface area contributed by atoms with Crippen LogP contribution in [0, 0.1) is 0 Å². The summed E-state index contributed by atoms with van der Waals surface area (Å²) in [6.45, 7) is 6.77. The van der Waals surface area contributed by atoms with Gasteiger partial charge in [0.1, 0.15) is 0 Å². The molecular weight excluding hydrogens is 380 g/mol. The topological polar surface area (TPSA) is 37.3 Å². The van der Waals surface area contributed by atoms with E-state index in [9.17, 15) is 4.79 Å². The van der Waals surface area contributed by atoms with Crippen LogP contribution in [0.25, 0.3) is 0 Å². The van der Waals surface area contributed by atoms with E-state index in [0.29, 0.717) is 6.42 Å². The van der Waals surface area contributed by atoms with Crippen molar-refractivity contribution < 1.29 is 29.7 Å². The fourth-order valence-corrected chi connectivity index (χ4v) is 4.19. The Morgan fingerprint density at radius 3 is 1.43 bits per heavy atom. The van der Waals surface area contributed by atoms with Gasteiger partial charge in [0.25, 0.3) is 0 Å². The van der Waals surface area contributed by atoms with Gasteiger partial charge in [-0.1, -0.05) is 58.3 Å². The molecule has 0 amide bonds. The van der Waals surface area contributed by atoms with Crippen molar-refractivity contribution in [3.8, 4) is 0 Å². The molecule has 145 valence electrons. The summed E-state index contributed by atoms with van der Waals surface area (Å²) in [5, 5.41) is 8.41. The van der Waals surface area contributed by atoms with Crippen LogP contribution in [0.15, 0.2) is 0 Å². The van der Waals surface area contributed by atoms with Crippen LogP contribution in [0.5, 0.6) is 0 Å². The van der Waals surface area contributed by atoms with Crippen LogP contribution in [-0.4, -0.2) is 11.1 Å². The maximum absolute atomic E-state index is 10.2. The summed E-state index contributed by atoms with van der Waals surface area (Å²) in [4.78, 5) is 10.2. The summed E-state index contributed by atoms with van der Waals surface area (Å²) in [7, 11) is 0. The van der Waals surface area contributed by atoms with E-state index in [1.807, 2.05) is 0 Å². The molecular formula is C20H42AgO2. The molecule has 0 aliphatic carbocycles. The van der Waals surface area contributed by atoms with E-state index in [2.05, 4.69) is 20.8 Å². The average Bonchev–Trinajstić information content (AvgIpc) is 2.54. The molecule has 0 rings (SSSR count). The van der Waals surface area contributed by atoms with Gasteiger partial charge in [-0.25, -0.2) is 0 Å². The zero-order valence-electron chi connectivity index (χ0n) is 16.0. The van der Waals surface area contributed by atoms with E-state index >= 15 is 0 Å². The van der Waals surface area contributed by atoms with Gasteiger partial charge in [0.15, 0.2) is 0 Å². The van der Waals surface area contributed by atoms with Crippen LogP contribution in [0.3, 0.4) is 0 Å². The Kier molecular flexibility index (Phi) is 27.1. The van der Waals surface area contributed by atoms with Crippen molar-refractivity contribution in [1.82, 2.24) is 0 Å². The van der Waals surface area contributed by atoms with E-state index in [1.54, 1.807) is 0 Å². The van der Waals surface area contributed by atoms with E-state index < -0.39 is 5.97 Å². The Morgan fingerprint density at radius 1 is 0.652 bits per heavy atom. The van der Waals surface area contributed by atoms with E-state index in [4.69, 9.17) is 5.11 Å². The molecule has 0 aromatic carbocycles. The number of carboxylic acids is 1. The first-order valence-electron chi connectivity index (χ1n) is 9.83. The number of hydrogen-bond acceptors (Lipinski definition) is 1. The van der Waals surface area contributed by atoms with Gasteiger partial charge < -0.3 is 5.11 Å². The van der Waals surface area contributed by atoms with Crippen LogP contribution in [0.4, 0.5) is 0 Å². The quantitative estimate of drug-likeness (QED) is 0.207. The molecule has 0 heterocycles. The van der Waals surface area contributed by atoms with Gasteiger partial charge in [-0.05, 0) is 6.42 Å². The van der Waals surface area contributed by atoms with Crippen molar-refractivity contribution in [2.45, 2.75) is 120 Å². The van der Waals surface area contributed by atoms with Crippen molar-refractivity contribution in [1.29, 1.82) is 0 Å². The predicted molar refractivity (Wildman–Crippen MR) is 98.9 cm³/mol. The number of aliphatic carboxylic acids is 1. The Labute approximate surface area is 155 Å². The molecule has 0 saturated heterocycles. The van der Waals surface area contributed by atoms with Crippen LogP contribution in [0.2, 0.25) is 9.28 Å². The van der Waals surface area contributed by atoms with Crippen molar-refractivity contribution in [2.24, 2.45) is 0 Å². The number of unbranched alkanes of at least 4 members (excludes halogenated alkanes) is 10. The molecule has 2 nitrogen and oxygen atoms in total. The zero-order chi connectivity index (χ0) is 17.6. The van der Waals surface area contributed by atoms with Gasteiger partial charge in [0.05, 0.1) is 0 Å². The van der Waals surface area contributed by atoms with Crippen molar-refractivity contribution in [3.05, 3.63) is 0 Å². The Morgan fingerprint density at radius 2 is 1.04 bits per heavy atom. The van der Waals surface area contributed by atoms with E-state index in [-0.39, 0.29) is 0 Å². The molecule has 0 aromatic heterocycles. The Bertz CT molecular complexity index is 214. The second-order valence-corrected chi connectivity index (χ2v) is 8.35. The third-order valence-corrected chi connectivity index (χ3v) is 5.72. The fourth-order valence-electron chi connectivity index (χ4n) is 2.03. The fraction of sp³-hybridized carbons (Fsp3) is 0.950. The van der Waals surface area contributed by atoms with Crippen LogP contribution < -0.4 is 0 Å². The third-order valence-electron chi connectivity index (χ3n) is 3.63. The summed E-state index contributed by atoms with van der Waals surface area (Å²) in [5.41, 5.74) is 0. The summed E-state index contributed by atoms with van der Waals surface area (Å²) in [6, 6.07) is 0. The molecule has 0 aliphatic rings. The second kappa shape index (κ2) is 24.5. The van der Waals surface area contributed by atoms with Crippen molar-refractivity contribution in [2.75, 3.05) is 0 Å². The predicted octanol–water partition coefficient (Wildman–Crippen LogP) is 7.50. The zero-order valence-corrected chi connectivity index (χ0v) is 17.5. The molecule has 0 aliphatic heterocycles. The first-order chi connectivity index (χ1) is 11.2. The molecule has 3 heteroatoms. The molecule has 0 fully saturated rings. The second-order valence-electron chi connectivity index (χ2n) is 6.13. The molecule has 0 atom stereocenters. The standard InChI is InChI=1S/C12H24O2.2C4H9.Ag/c1-2-3-4-5-6-7-8-9-10-11-12(13)14;2*1-3-4-2;/h2-11H2,1H3,(H,13,14);2*1,3-4H2,2H3;. The van der Waals surface area contributed by atoms with E-state index in [0.717, 1.165) is 12.8 Å². The minimum absolute atomic E-state index is 0.343. The first-order valence-corrected chi connectivity index (χ1v) is 11.9. The molecule has 0 unspecified atom stereocenters. The molecule has 0 spiro atoms. The summed E-state index contributed by atoms with van der Waals surface area (Å²) < 4.78 is 2.97. The number of carbonyl (C=O) groups is 1. The average molecular weight is 422 g/mol. The van der Waals surface area contributed by atoms with Crippen LogP contribution in [0.1, 0.15) is 111 Å². The number of carboxylic acid groups (broad SMARTS) is 1. The maximum atomic E-state index is 10.2. The molecule has 0 bridgehead atoms. The van der Waals surface area contributed by atoms with Crippen molar-refractivity contribution in [3.63, 3.8) is 0 Å². The Hall–Kier alpha value is 0.210. The normalized spacial score (nSPS) is 10.4. The van der Waals surface area contributed by atoms with Crippen LogP contribution in [-0.2, 0) is 24.5 Å². The van der Waals surface area contributed by atoms with Crippen molar-refractivity contribution >= 4 is 5.97 Å². The monoisotopic (exact) mass is 421 g/mol. The molecule has 0 saturated carbocycles. The van der Waals surface area contributed by atoms with Gasteiger partial charge in [-0.3, -0.25) is 4.79 Å². The summed E-state index contributed by atoms with van der Waals surface area (Å²) in [5.74, 6) is -0.659. The molecule has 23 heavy (non-hydrogen) atoms. The van der Waals surface area contributed by atoms with Gasteiger partial charge in [0.2, 0.25) is 0 Å². The van der Waals surface area contributed by atoms with Gasteiger partial charge in [-0.2, -0.15) is 0 Å². The molecule has 1 N–H and O–H groups in total. The SMILES string of the molecule is CCCCCCCCCCCC(=O)O.CCC[CH2][Ag][CH2]CCC. The first kappa shape index (κ1) is 25.5. The number of rotatable bonds is 16. The van der Waals surface area contributed by atoms with Gasteiger partial charge in [0, 0.05) is 6.42 Å². The van der Waals surface area contributed by atoms with E-state index in [1.165, 1.54) is 99.7 Å². The third kappa shape index (κ3) is 30.6.